The molecule has 33 heavy (non-hydrogen) atoms. The Morgan fingerprint density at radius 3 is 2.48 bits per heavy atom. The number of aryl methyl sites for hydroxylation is 1. The number of carbonyl (C=O) groups excluding carboxylic acids is 2. The number of nitro benzene ring substituents is 1. The van der Waals surface area contributed by atoms with Crippen molar-refractivity contribution in [2.45, 2.75) is 13.1 Å². The first kappa shape index (κ1) is 24.2. The fourth-order valence-corrected chi connectivity index (χ4v) is 3.63. The van der Waals surface area contributed by atoms with Gasteiger partial charge in [0.15, 0.2) is 6.61 Å². The van der Waals surface area contributed by atoms with Gasteiger partial charge >= 0.3 is 12.1 Å². The maximum absolute atomic E-state index is 12.8. The molecule has 0 spiro atoms. The second-order valence-electron chi connectivity index (χ2n) is 7.20. The summed E-state index contributed by atoms with van der Waals surface area (Å²) in [6, 6.07) is 5.00. The fraction of sp³-hybridized carbons (Fsp3) is 0.350. The lowest BCUT2D eigenvalue weighted by Gasteiger charge is -2.35. The molecule has 0 bridgehead atoms. The molecule has 1 aromatic carbocycles. The van der Waals surface area contributed by atoms with Gasteiger partial charge in [-0.15, -0.1) is 0 Å². The second-order valence-corrected chi connectivity index (χ2v) is 7.61. The topological polar surface area (TPSA) is 106 Å². The summed E-state index contributed by atoms with van der Waals surface area (Å²) in [6.07, 6.45) is -3.86. The van der Waals surface area contributed by atoms with Gasteiger partial charge in [0.2, 0.25) is 0 Å². The average molecular weight is 487 g/mol. The first-order valence-corrected chi connectivity index (χ1v) is 10.0. The SMILES string of the molecule is Cc1cccc(C(=O)OCC(=O)N2CCN(c3ncc(C(F)(F)F)cc3Cl)CC2)c1[N+](=O)[O-]. The largest absolute Gasteiger partial charge is 0.452 e. The number of benzene rings is 1. The van der Waals surface area contributed by atoms with E-state index in [2.05, 4.69) is 4.98 Å². The lowest BCUT2D eigenvalue weighted by atomic mass is 10.1. The molecule has 1 aromatic heterocycles. The van der Waals surface area contributed by atoms with Gasteiger partial charge in [-0.25, -0.2) is 9.78 Å². The molecular weight excluding hydrogens is 469 g/mol. The van der Waals surface area contributed by atoms with Crippen molar-refractivity contribution < 1.29 is 32.4 Å². The quantitative estimate of drug-likeness (QED) is 0.362. The minimum absolute atomic E-state index is 0.154. The van der Waals surface area contributed by atoms with Gasteiger partial charge in [0, 0.05) is 37.9 Å². The Labute approximate surface area is 190 Å². The van der Waals surface area contributed by atoms with Crippen molar-refractivity contribution in [1.29, 1.82) is 0 Å². The van der Waals surface area contributed by atoms with Crippen LogP contribution in [0, 0.1) is 17.0 Å². The first-order chi connectivity index (χ1) is 15.5. The van der Waals surface area contributed by atoms with Crippen molar-refractivity contribution in [2.75, 3.05) is 37.7 Å². The van der Waals surface area contributed by atoms with Crippen LogP contribution < -0.4 is 4.90 Å². The standard InChI is InChI=1S/C20H18ClF3N4O5/c1-12-3-2-4-14(17(12)28(31)32)19(30)33-11-16(29)26-5-7-27(8-6-26)18-15(21)9-13(10-25-18)20(22,23)24/h2-4,9-10H,5-8,11H2,1H3. The van der Waals surface area contributed by atoms with Crippen molar-refractivity contribution in [3.05, 3.63) is 62.3 Å². The molecule has 0 unspecified atom stereocenters. The number of para-hydroxylation sites is 1. The zero-order valence-corrected chi connectivity index (χ0v) is 18.0. The summed E-state index contributed by atoms with van der Waals surface area (Å²) >= 11 is 5.97. The maximum atomic E-state index is 12.8. The highest BCUT2D eigenvalue weighted by Gasteiger charge is 2.33. The number of nitro groups is 1. The number of piperazine rings is 1. The molecule has 1 saturated heterocycles. The molecule has 176 valence electrons. The van der Waals surface area contributed by atoms with Gasteiger partial charge in [0.25, 0.3) is 11.6 Å². The van der Waals surface area contributed by atoms with Crippen LogP contribution >= 0.6 is 11.6 Å². The van der Waals surface area contributed by atoms with Crippen LogP contribution in [0.2, 0.25) is 5.02 Å². The third-order valence-electron chi connectivity index (χ3n) is 5.05. The molecule has 3 rings (SSSR count). The fourth-order valence-electron chi connectivity index (χ4n) is 3.35. The van der Waals surface area contributed by atoms with Crippen LogP contribution in [0.4, 0.5) is 24.7 Å². The number of alkyl halides is 3. The number of ether oxygens (including phenoxy) is 1. The summed E-state index contributed by atoms with van der Waals surface area (Å²) in [6.45, 7) is 1.77. The Hall–Kier alpha value is -3.41. The number of halogens is 4. The van der Waals surface area contributed by atoms with E-state index in [9.17, 15) is 32.9 Å². The number of carbonyl (C=O) groups is 2. The molecule has 0 radical (unpaired) electrons. The highest BCUT2D eigenvalue weighted by Crippen LogP contribution is 2.33. The summed E-state index contributed by atoms with van der Waals surface area (Å²) in [4.78, 5) is 42.1. The molecule has 1 aliphatic heterocycles. The van der Waals surface area contributed by atoms with E-state index < -0.39 is 35.1 Å². The summed E-state index contributed by atoms with van der Waals surface area (Å²) in [7, 11) is 0. The van der Waals surface area contributed by atoms with Crippen LogP contribution in [0.5, 0.6) is 0 Å². The van der Waals surface area contributed by atoms with Crippen LogP contribution in [0.1, 0.15) is 21.5 Å². The molecule has 0 atom stereocenters. The lowest BCUT2D eigenvalue weighted by Crippen LogP contribution is -2.50. The summed E-state index contributed by atoms with van der Waals surface area (Å²) < 4.78 is 43.3. The molecular formula is C20H18ClF3N4O5. The molecule has 0 aliphatic carbocycles. The van der Waals surface area contributed by atoms with Gasteiger partial charge in [-0.05, 0) is 19.1 Å². The number of hydrogen-bond donors (Lipinski definition) is 0. The third-order valence-corrected chi connectivity index (χ3v) is 5.33. The van der Waals surface area contributed by atoms with Crippen LogP contribution in [-0.4, -0.2) is 59.5 Å². The number of hydrogen-bond acceptors (Lipinski definition) is 7. The van der Waals surface area contributed by atoms with Crippen molar-refractivity contribution in [3.8, 4) is 0 Å². The molecule has 2 aromatic rings. The number of esters is 1. The highest BCUT2D eigenvalue weighted by molar-refractivity contribution is 6.33. The minimum Gasteiger partial charge on any atom is -0.452 e. The van der Waals surface area contributed by atoms with Gasteiger partial charge < -0.3 is 14.5 Å². The minimum atomic E-state index is -4.56. The number of aromatic nitrogens is 1. The molecule has 1 amide bonds. The monoisotopic (exact) mass is 486 g/mol. The van der Waals surface area contributed by atoms with E-state index in [4.69, 9.17) is 16.3 Å². The van der Waals surface area contributed by atoms with E-state index in [-0.39, 0.29) is 53.8 Å². The number of nitrogens with zero attached hydrogens (tertiary/aromatic N) is 4. The summed E-state index contributed by atoms with van der Waals surface area (Å²) in [5.41, 5.74) is -1.31. The zero-order chi connectivity index (χ0) is 24.3. The van der Waals surface area contributed by atoms with Crippen molar-refractivity contribution in [2.24, 2.45) is 0 Å². The Morgan fingerprint density at radius 1 is 1.24 bits per heavy atom. The van der Waals surface area contributed by atoms with Gasteiger partial charge in [0.05, 0.1) is 15.5 Å². The smallest absolute Gasteiger partial charge is 0.417 e. The Balaban J connectivity index is 1.57. The third kappa shape index (κ3) is 5.51. The Kier molecular flexibility index (Phi) is 7.06. The van der Waals surface area contributed by atoms with E-state index in [1.165, 1.54) is 30.0 Å². The maximum Gasteiger partial charge on any atom is 0.417 e. The van der Waals surface area contributed by atoms with Gasteiger partial charge in [-0.2, -0.15) is 13.2 Å². The number of amides is 1. The molecule has 1 fully saturated rings. The second kappa shape index (κ2) is 9.61. The molecule has 2 heterocycles. The molecule has 13 heteroatoms. The van der Waals surface area contributed by atoms with Gasteiger partial charge in [-0.3, -0.25) is 14.9 Å². The normalized spacial score (nSPS) is 14.2. The average Bonchev–Trinajstić information content (AvgIpc) is 2.76. The van der Waals surface area contributed by atoms with Crippen LogP contribution in [0.3, 0.4) is 0 Å². The molecule has 0 saturated carbocycles. The van der Waals surface area contributed by atoms with E-state index in [0.29, 0.717) is 6.20 Å². The zero-order valence-electron chi connectivity index (χ0n) is 17.3. The summed E-state index contributed by atoms with van der Waals surface area (Å²) in [5.74, 6) is -1.32. The van der Waals surface area contributed by atoms with Crippen LogP contribution in [0.15, 0.2) is 30.5 Å². The van der Waals surface area contributed by atoms with Gasteiger partial charge in [0.1, 0.15) is 11.4 Å². The van der Waals surface area contributed by atoms with Crippen LogP contribution in [-0.2, 0) is 15.7 Å². The van der Waals surface area contributed by atoms with E-state index in [1.54, 1.807) is 4.90 Å². The predicted octanol–water partition coefficient (Wildman–Crippen LogP) is 3.48. The van der Waals surface area contributed by atoms with E-state index in [0.717, 1.165) is 6.07 Å². The van der Waals surface area contributed by atoms with Crippen LogP contribution in [0.25, 0.3) is 0 Å². The molecule has 0 N–H and O–H groups in total. The van der Waals surface area contributed by atoms with Crippen molar-refractivity contribution in [1.82, 2.24) is 9.88 Å². The Morgan fingerprint density at radius 2 is 1.91 bits per heavy atom. The molecule has 9 nitrogen and oxygen atoms in total. The Bertz CT molecular complexity index is 1090. The van der Waals surface area contributed by atoms with E-state index in [1.807, 2.05) is 0 Å². The number of pyridine rings is 1. The van der Waals surface area contributed by atoms with E-state index >= 15 is 0 Å². The predicted molar refractivity (Wildman–Crippen MR) is 111 cm³/mol. The first-order valence-electron chi connectivity index (χ1n) is 9.65. The number of anilines is 1. The van der Waals surface area contributed by atoms with Crippen molar-refractivity contribution in [3.63, 3.8) is 0 Å². The summed E-state index contributed by atoms with van der Waals surface area (Å²) in [5, 5.41) is 11.1. The molecule has 1 aliphatic rings. The van der Waals surface area contributed by atoms with Gasteiger partial charge in [-0.1, -0.05) is 23.7 Å². The lowest BCUT2D eigenvalue weighted by molar-refractivity contribution is -0.385. The highest BCUT2D eigenvalue weighted by atomic mass is 35.5. The number of rotatable bonds is 5. The van der Waals surface area contributed by atoms with Crippen molar-refractivity contribution >= 4 is 35.0 Å².